The Morgan fingerprint density at radius 3 is 2.38 bits per heavy atom. The molecule has 0 rings (SSSR count). The number of nitrogens with zero attached hydrogens (tertiary/aromatic N) is 2. The molecule has 0 aliphatic carbocycles. The van der Waals surface area contributed by atoms with Gasteiger partial charge in [-0.15, -0.1) is 0 Å². The first-order valence-electron chi connectivity index (χ1n) is 6.10. The van der Waals surface area contributed by atoms with Gasteiger partial charge in [0.15, 0.2) is 0 Å². The van der Waals surface area contributed by atoms with E-state index in [4.69, 9.17) is 10.9 Å². The molecule has 0 aliphatic rings. The standard InChI is InChI=1S/C12H27N3O/c1-5-6-9-15(4)10-7-8-12(2,3)11(13)14-16/h16H,5-10H2,1-4H3,(H2,13,14). The van der Waals surface area contributed by atoms with Crippen LogP contribution in [0.25, 0.3) is 0 Å². The van der Waals surface area contributed by atoms with Crippen molar-refractivity contribution in [2.45, 2.75) is 46.5 Å². The molecule has 0 unspecified atom stereocenters. The second-order valence-electron chi connectivity index (χ2n) is 5.13. The highest BCUT2D eigenvalue weighted by Gasteiger charge is 2.22. The summed E-state index contributed by atoms with van der Waals surface area (Å²) in [7, 11) is 2.14. The summed E-state index contributed by atoms with van der Waals surface area (Å²) in [6.07, 6.45) is 4.50. The Balaban J connectivity index is 3.80. The zero-order valence-corrected chi connectivity index (χ0v) is 11.2. The summed E-state index contributed by atoms with van der Waals surface area (Å²) >= 11 is 0. The van der Waals surface area contributed by atoms with E-state index >= 15 is 0 Å². The van der Waals surface area contributed by atoms with E-state index in [0.29, 0.717) is 5.84 Å². The molecule has 0 aromatic heterocycles. The molecule has 0 saturated carbocycles. The molecule has 3 N–H and O–H groups in total. The Bertz CT molecular complexity index is 214. The molecule has 4 heteroatoms. The second-order valence-corrected chi connectivity index (χ2v) is 5.13. The number of oxime groups is 1. The lowest BCUT2D eigenvalue weighted by atomic mass is 9.86. The van der Waals surface area contributed by atoms with Gasteiger partial charge in [-0.3, -0.25) is 0 Å². The number of unbranched alkanes of at least 4 members (excludes halogenated alkanes) is 1. The van der Waals surface area contributed by atoms with Gasteiger partial charge in [-0.25, -0.2) is 0 Å². The van der Waals surface area contributed by atoms with Gasteiger partial charge in [-0.05, 0) is 39.4 Å². The quantitative estimate of drug-likeness (QED) is 0.290. The lowest BCUT2D eigenvalue weighted by Crippen LogP contribution is -2.33. The van der Waals surface area contributed by atoms with E-state index in [-0.39, 0.29) is 5.41 Å². The summed E-state index contributed by atoms with van der Waals surface area (Å²) in [5.74, 6) is 0.323. The van der Waals surface area contributed by atoms with E-state index in [2.05, 4.69) is 24.0 Å². The summed E-state index contributed by atoms with van der Waals surface area (Å²) in [5, 5.41) is 11.7. The van der Waals surface area contributed by atoms with Gasteiger partial charge in [0.05, 0.1) is 0 Å². The van der Waals surface area contributed by atoms with Gasteiger partial charge >= 0.3 is 0 Å². The molecule has 0 aromatic carbocycles. The molecule has 0 radical (unpaired) electrons. The zero-order chi connectivity index (χ0) is 12.6. The highest BCUT2D eigenvalue weighted by Crippen LogP contribution is 2.22. The monoisotopic (exact) mass is 229 g/mol. The number of hydrogen-bond acceptors (Lipinski definition) is 3. The molecular weight excluding hydrogens is 202 g/mol. The van der Waals surface area contributed by atoms with E-state index in [1.165, 1.54) is 12.8 Å². The maximum Gasteiger partial charge on any atom is 0.144 e. The third-order valence-corrected chi connectivity index (χ3v) is 3.04. The van der Waals surface area contributed by atoms with Crippen molar-refractivity contribution in [3.05, 3.63) is 0 Å². The predicted molar refractivity (Wildman–Crippen MR) is 68.8 cm³/mol. The van der Waals surface area contributed by atoms with Gasteiger partial charge in [0.25, 0.3) is 0 Å². The second kappa shape index (κ2) is 7.49. The van der Waals surface area contributed by atoms with Crippen LogP contribution >= 0.6 is 0 Å². The molecule has 0 saturated heterocycles. The number of amidine groups is 1. The molecule has 96 valence electrons. The average molecular weight is 229 g/mol. The average Bonchev–Trinajstić information content (AvgIpc) is 2.24. The Morgan fingerprint density at radius 2 is 1.88 bits per heavy atom. The SMILES string of the molecule is CCCCN(C)CCCC(C)(C)C(N)=NO. The van der Waals surface area contributed by atoms with Gasteiger partial charge in [0.2, 0.25) is 0 Å². The fourth-order valence-corrected chi connectivity index (χ4v) is 1.59. The highest BCUT2D eigenvalue weighted by atomic mass is 16.4. The summed E-state index contributed by atoms with van der Waals surface area (Å²) in [4.78, 5) is 2.34. The van der Waals surface area contributed by atoms with Crippen LogP contribution in [0.3, 0.4) is 0 Å². The lowest BCUT2D eigenvalue weighted by molar-refractivity contribution is 0.288. The summed E-state index contributed by atoms with van der Waals surface area (Å²) < 4.78 is 0. The zero-order valence-electron chi connectivity index (χ0n) is 11.2. The molecule has 0 atom stereocenters. The van der Waals surface area contributed by atoms with Crippen molar-refractivity contribution in [3.63, 3.8) is 0 Å². The van der Waals surface area contributed by atoms with Crippen LogP contribution in [0.1, 0.15) is 46.5 Å². The lowest BCUT2D eigenvalue weighted by Gasteiger charge is -2.24. The van der Waals surface area contributed by atoms with E-state index in [0.717, 1.165) is 25.9 Å². The van der Waals surface area contributed by atoms with E-state index in [9.17, 15) is 0 Å². The molecule has 0 spiro atoms. The largest absolute Gasteiger partial charge is 0.409 e. The minimum absolute atomic E-state index is 0.208. The third-order valence-electron chi connectivity index (χ3n) is 3.04. The first kappa shape index (κ1) is 15.2. The van der Waals surface area contributed by atoms with Crippen molar-refractivity contribution in [2.24, 2.45) is 16.3 Å². The highest BCUT2D eigenvalue weighted by molar-refractivity contribution is 5.85. The fourth-order valence-electron chi connectivity index (χ4n) is 1.59. The van der Waals surface area contributed by atoms with Crippen LogP contribution in [0.4, 0.5) is 0 Å². The van der Waals surface area contributed by atoms with Gasteiger partial charge < -0.3 is 15.8 Å². The topological polar surface area (TPSA) is 61.8 Å². The molecular formula is C12H27N3O. The maximum atomic E-state index is 8.65. The normalized spacial score (nSPS) is 13.4. The van der Waals surface area contributed by atoms with Gasteiger partial charge in [-0.1, -0.05) is 32.3 Å². The van der Waals surface area contributed by atoms with Gasteiger partial charge in [0, 0.05) is 5.41 Å². The Hall–Kier alpha value is -0.770. The molecule has 0 fully saturated rings. The van der Waals surface area contributed by atoms with Crippen molar-refractivity contribution >= 4 is 5.84 Å². The van der Waals surface area contributed by atoms with Crippen molar-refractivity contribution < 1.29 is 5.21 Å². The Labute approximate surface area is 99.5 Å². The molecule has 0 heterocycles. The fraction of sp³-hybridized carbons (Fsp3) is 0.917. The first-order chi connectivity index (χ1) is 7.44. The van der Waals surface area contributed by atoms with Crippen LogP contribution in [-0.4, -0.2) is 36.1 Å². The minimum atomic E-state index is -0.208. The van der Waals surface area contributed by atoms with Crippen LogP contribution in [0, 0.1) is 5.41 Å². The van der Waals surface area contributed by atoms with Crippen molar-refractivity contribution in [1.82, 2.24) is 4.90 Å². The summed E-state index contributed by atoms with van der Waals surface area (Å²) in [5.41, 5.74) is 5.43. The molecule has 0 bridgehead atoms. The Kier molecular flexibility index (Phi) is 7.13. The number of nitrogens with two attached hydrogens (primary N) is 1. The summed E-state index contributed by atoms with van der Waals surface area (Å²) in [6.45, 7) is 8.44. The number of hydrogen-bond donors (Lipinski definition) is 2. The van der Waals surface area contributed by atoms with Crippen LogP contribution in [0.2, 0.25) is 0 Å². The third kappa shape index (κ3) is 5.95. The summed E-state index contributed by atoms with van der Waals surface area (Å²) in [6, 6.07) is 0. The van der Waals surface area contributed by atoms with Crippen molar-refractivity contribution in [3.8, 4) is 0 Å². The van der Waals surface area contributed by atoms with E-state index in [1.54, 1.807) is 0 Å². The van der Waals surface area contributed by atoms with E-state index in [1.807, 2.05) is 13.8 Å². The smallest absolute Gasteiger partial charge is 0.144 e. The van der Waals surface area contributed by atoms with E-state index < -0.39 is 0 Å². The molecule has 0 aromatic rings. The first-order valence-corrected chi connectivity index (χ1v) is 6.10. The van der Waals surface area contributed by atoms with Crippen molar-refractivity contribution in [2.75, 3.05) is 20.1 Å². The molecule has 0 aliphatic heterocycles. The molecule has 16 heavy (non-hydrogen) atoms. The molecule has 4 nitrogen and oxygen atoms in total. The van der Waals surface area contributed by atoms with Crippen molar-refractivity contribution in [1.29, 1.82) is 0 Å². The van der Waals surface area contributed by atoms with Crippen LogP contribution < -0.4 is 5.73 Å². The molecule has 0 amide bonds. The predicted octanol–water partition coefficient (Wildman–Crippen LogP) is 2.27. The maximum absolute atomic E-state index is 8.65. The van der Waals surface area contributed by atoms with Crippen LogP contribution in [0.15, 0.2) is 5.16 Å². The van der Waals surface area contributed by atoms with Crippen LogP contribution in [-0.2, 0) is 0 Å². The number of rotatable bonds is 8. The van der Waals surface area contributed by atoms with Gasteiger partial charge in [-0.2, -0.15) is 0 Å². The van der Waals surface area contributed by atoms with Crippen LogP contribution in [0.5, 0.6) is 0 Å². The minimum Gasteiger partial charge on any atom is -0.409 e. The van der Waals surface area contributed by atoms with Gasteiger partial charge in [0.1, 0.15) is 5.84 Å². The Morgan fingerprint density at radius 1 is 1.31 bits per heavy atom.